The van der Waals surface area contributed by atoms with Crippen molar-refractivity contribution in [3.63, 3.8) is 0 Å². The number of carbonyl (C=O) groups excluding carboxylic acids is 1. The number of rotatable bonds is 2. The molecule has 0 aliphatic carbocycles. The molecule has 7 heteroatoms. The average Bonchev–Trinajstić information content (AvgIpc) is 2.51. The van der Waals surface area contributed by atoms with Crippen molar-refractivity contribution in [2.24, 2.45) is 7.05 Å². The van der Waals surface area contributed by atoms with Crippen LogP contribution in [0.4, 0.5) is 0 Å². The van der Waals surface area contributed by atoms with Gasteiger partial charge in [0.25, 0.3) is 11.5 Å². The summed E-state index contributed by atoms with van der Waals surface area (Å²) in [5, 5.41) is 11.2. The van der Waals surface area contributed by atoms with Gasteiger partial charge >= 0.3 is 0 Å². The van der Waals surface area contributed by atoms with E-state index in [4.69, 9.17) is 5.41 Å². The van der Waals surface area contributed by atoms with E-state index in [9.17, 15) is 9.59 Å². The Bertz CT molecular complexity index is 1050. The summed E-state index contributed by atoms with van der Waals surface area (Å²) in [6.45, 7) is 3.68. The Morgan fingerprint density at radius 1 is 1.35 bits per heavy atom. The molecule has 0 unspecified atom stereocenters. The summed E-state index contributed by atoms with van der Waals surface area (Å²) in [6, 6.07) is 6.65. The van der Waals surface area contributed by atoms with Crippen LogP contribution in [0.3, 0.4) is 0 Å². The Morgan fingerprint density at radius 3 is 2.78 bits per heavy atom. The minimum atomic E-state index is -0.375. The maximum absolute atomic E-state index is 12.7. The predicted octanol–water partition coefficient (Wildman–Crippen LogP) is 0.804. The first-order valence-electron chi connectivity index (χ1n) is 7.26. The van der Waals surface area contributed by atoms with Gasteiger partial charge in [-0.3, -0.25) is 19.4 Å². The van der Waals surface area contributed by atoms with E-state index in [2.05, 4.69) is 10.3 Å². The topological polar surface area (TPSA) is 92.2 Å². The molecule has 3 aromatic heterocycles. The summed E-state index contributed by atoms with van der Waals surface area (Å²) in [5.74, 6) is -0.375. The zero-order valence-electron chi connectivity index (χ0n) is 13.1. The van der Waals surface area contributed by atoms with Gasteiger partial charge in [0.2, 0.25) is 0 Å². The Labute approximate surface area is 131 Å². The van der Waals surface area contributed by atoms with Crippen LogP contribution in [0.1, 0.15) is 24.2 Å². The summed E-state index contributed by atoms with van der Waals surface area (Å²) in [4.78, 5) is 29.4. The quantitative estimate of drug-likeness (QED) is 0.686. The van der Waals surface area contributed by atoms with E-state index < -0.39 is 0 Å². The summed E-state index contributed by atoms with van der Waals surface area (Å²) in [7, 11) is 1.63. The molecule has 0 aliphatic heterocycles. The summed E-state index contributed by atoms with van der Waals surface area (Å²) < 4.78 is 2.88. The number of hydrogen-bond acceptors (Lipinski definition) is 4. The van der Waals surface area contributed by atoms with Crippen LogP contribution in [0, 0.1) is 5.41 Å². The van der Waals surface area contributed by atoms with E-state index in [-0.39, 0.29) is 28.6 Å². The van der Waals surface area contributed by atoms with E-state index in [0.717, 1.165) is 0 Å². The second-order valence-corrected chi connectivity index (χ2v) is 5.68. The van der Waals surface area contributed by atoms with Crippen LogP contribution >= 0.6 is 0 Å². The lowest BCUT2D eigenvalue weighted by Gasteiger charge is -2.12. The SMILES string of the molecule is CC(C)NC(=O)c1cc2c(=O)n3ccccc3nc2n(C)c1=N. The molecule has 0 aliphatic rings. The zero-order chi connectivity index (χ0) is 16.7. The highest BCUT2D eigenvalue weighted by Gasteiger charge is 2.16. The van der Waals surface area contributed by atoms with Gasteiger partial charge in [-0.25, -0.2) is 4.98 Å². The fraction of sp³-hybridized carbons (Fsp3) is 0.250. The van der Waals surface area contributed by atoms with E-state index in [0.29, 0.717) is 16.7 Å². The van der Waals surface area contributed by atoms with Gasteiger partial charge in [0.1, 0.15) is 16.8 Å². The minimum Gasteiger partial charge on any atom is -0.350 e. The van der Waals surface area contributed by atoms with Crippen molar-refractivity contribution in [1.82, 2.24) is 19.3 Å². The number of pyridine rings is 2. The lowest BCUT2D eigenvalue weighted by atomic mass is 10.2. The molecule has 0 bridgehead atoms. The molecule has 0 radical (unpaired) electrons. The third-order valence-corrected chi connectivity index (χ3v) is 3.61. The molecule has 3 heterocycles. The summed E-state index contributed by atoms with van der Waals surface area (Å²) in [5.41, 5.74) is 0.790. The molecule has 23 heavy (non-hydrogen) atoms. The van der Waals surface area contributed by atoms with Crippen molar-refractivity contribution in [1.29, 1.82) is 5.41 Å². The van der Waals surface area contributed by atoms with Crippen LogP contribution in [-0.4, -0.2) is 25.9 Å². The fourth-order valence-corrected chi connectivity index (χ4v) is 2.49. The van der Waals surface area contributed by atoms with E-state index in [1.54, 1.807) is 31.4 Å². The second kappa shape index (κ2) is 5.35. The van der Waals surface area contributed by atoms with Crippen LogP contribution in [0.15, 0.2) is 35.3 Å². The number of nitrogens with one attached hydrogen (secondary N) is 2. The smallest absolute Gasteiger partial charge is 0.267 e. The molecule has 118 valence electrons. The first-order chi connectivity index (χ1) is 10.9. The standard InChI is InChI=1S/C16H17N5O2/c1-9(2)18-15(22)10-8-11-14(20(3)13(10)17)19-12-6-4-5-7-21(12)16(11)23/h4-9,17H,1-3H3,(H,18,22). The van der Waals surface area contributed by atoms with Crippen molar-refractivity contribution in [3.05, 3.63) is 51.9 Å². The van der Waals surface area contributed by atoms with Crippen molar-refractivity contribution < 1.29 is 4.79 Å². The molecule has 0 atom stereocenters. The second-order valence-electron chi connectivity index (χ2n) is 5.68. The molecule has 7 nitrogen and oxygen atoms in total. The number of aromatic nitrogens is 3. The minimum absolute atomic E-state index is 0.0165. The molecule has 0 fully saturated rings. The molecule has 0 saturated carbocycles. The zero-order valence-corrected chi connectivity index (χ0v) is 13.1. The molecule has 3 aromatic rings. The molecule has 3 rings (SSSR count). The highest BCUT2D eigenvalue weighted by atomic mass is 16.1. The highest BCUT2D eigenvalue weighted by Crippen LogP contribution is 2.09. The van der Waals surface area contributed by atoms with Gasteiger partial charge in [0.15, 0.2) is 0 Å². The molecule has 2 N–H and O–H groups in total. The van der Waals surface area contributed by atoms with Crippen molar-refractivity contribution in [2.75, 3.05) is 0 Å². The van der Waals surface area contributed by atoms with Gasteiger partial charge in [-0.2, -0.15) is 0 Å². The number of aryl methyl sites for hydroxylation is 1. The summed E-state index contributed by atoms with van der Waals surface area (Å²) >= 11 is 0. The van der Waals surface area contributed by atoms with Crippen LogP contribution in [0.5, 0.6) is 0 Å². The molecule has 0 aromatic carbocycles. The van der Waals surface area contributed by atoms with Gasteiger partial charge in [-0.05, 0) is 32.0 Å². The van der Waals surface area contributed by atoms with Gasteiger partial charge in [-0.15, -0.1) is 0 Å². The first kappa shape index (κ1) is 15.0. The van der Waals surface area contributed by atoms with Crippen LogP contribution in [-0.2, 0) is 7.05 Å². The number of nitrogens with zero attached hydrogens (tertiary/aromatic N) is 3. The molecular weight excluding hydrogens is 294 g/mol. The monoisotopic (exact) mass is 311 g/mol. The summed E-state index contributed by atoms with van der Waals surface area (Å²) in [6.07, 6.45) is 1.63. The predicted molar refractivity (Wildman–Crippen MR) is 86.4 cm³/mol. The van der Waals surface area contributed by atoms with E-state index in [1.165, 1.54) is 15.0 Å². The maximum atomic E-state index is 12.7. The lowest BCUT2D eigenvalue weighted by Crippen LogP contribution is -2.36. The number of amides is 1. The molecule has 0 spiro atoms. The van der Waals surface area contributed by atoms with Gasteiger partial charge < -0.3 is 9.88 Å². The average molecular weight is 311 g/mol. The van der Waals surface area contributed by atoms with Gasteiger partial charge in [-0.1, -0.05) is 6.07 Å². The number of hydrogen-bond donors (Lipinski definition) is 2. The van der Waals surface area contributed by atoms with Crippen LogP contribution in [0.2, 0.25) is 0 Å². The highest BCUT2D eigenvalue weighted by molar-refractivity contribution is 5.96. The Kier molecular flexibility index (Phi) is 3.48. The Morgan fingerprint density at radius 2 is 2.09 bits per heavy atom. The van der Waals surface area contributed by atoms with Gasteiger partial charge in [0, 0.05) is 19.3 Å². The third-order valence-electron chi connectivity index (χ3n) is 3.61. The van der Waals surface area contributed by atoms with E-state index >= 15 is 0 Å². The normalized spacial score (nSPS) is 11.3. The van der Waals surface area contributed by atoms with Crippen LogP contribution in [0.25, 0.3) is 16.7 Å². The molecular formula is C16H17N5O2. The van der Waals surface area contributed by atoms with Crippen molar-refractivity contribution in [2.45, 2.75) is 19.9 Å². The largest absolute Gasteiger partial charge is 0.350 e. The Hall–Kier alpha value is -2.96. The number of carbonyl (C=O) groups is 1. The van der Waals surface area contributed by atoms with Crippen molar-refractivity contribution >= 4 is 22.6 Å². The first-order valence-corrected chi connectivity index (χ1v) is 7.26. The molecule has 1 amide bonds. The maximum Gasteiger partial charge on any atom is 0.267 e. The lowest BCUT2D eigenvalue weighted by molar-refractivity contribution is 0.0941. The van der Waals surface area contributed by atoms with Crippen molar-refractivity contribution in [3.8, 4) is 0 Å². The fourth-order valence-electron chi connectivity index (χ4n) is 2.49. The van der Waals surface area contributed by atoms with Gasteiger partial charge in [0.05, 0.1) is 10.9 Å². The third kappa shape index (κ3) is 2.40. The van der Waals surface area contributed by atoms with Crippen LogP contribution < -0.4 is 16.4 Å². The molecule has 0 saturated heterocycles. The number of fused-ring (bicyclic) bond motifs is 2. The Balaban J connectivity index is 2.39. The van der Waals surface area contributed by atoms with E-state index in [1.807, 2.05) is 13.8 Å².